The summed E-state index contributed by atoms with van der Waals surface area (Å²) < 4.78 is 2.15. The zero-order valence-electron chi connectivity index (χ0n) is 7.82. The maximum atomic E-state index is 9.32. The lowest BCUT2D eigenvalue weighted by atomic mass is 9.95. The van der Waals surface area contributed by atoms with Crippen LogP contribution in [0.1, 0.15) is 38.1 Å². The maximum Gasteiger partial charge on any atom is 0.211 e. The number of hydrogen-bond donors (Lipinski definition) is 1. The molecule has 1 aromatic rings. The first-order chi connectivity index (χ1) is 6.36. The Kier molecular flexibility index (Phi) is 2.48. The third kappa shape index (κ3) is 2.00. The topological polar surface area (TPSA) is 24.1 Å². The summed E-state index contributed by atoms with van der Waals surface area (Å²) in [5.74, 6) is 0.369. The SMILES string of the molecule is Oc1ccc[n+](C2CCCCC2)c1. The van der Waals surface area contributed by atoms with Gasteiger partial charge in [-0.25, -0.2) is 0 Å². The number of aromatic hydroxyl groups is 1. The molecule has 0 unspecified atom stereocenters. The van der Waals surface area contributed by atoms with E-state index in [1.165, 1.54) is 32.1 Å². The fourth-order valence-corrected chi connectivity index (χ4v) is 2.09. The molecule has 0 bridgehead atoms. The van der Waals surface area contributed by atoms with Crippen LogP contribution in [0.25, 0.3) is 0 Å². The lowest BCUT2D eigenvalue weighted by Crippen LogP contribution is -2.39. The number of rotatable bonds is 1. The second-order valence-corrected chi connectivity index (χ2v) is 3.80. The van der Waals surface area contributed by atoms with Crippen LogP contribution in [-0.2, 0) is 0 Å². The van der Waals surface area contributed by atoms with Crippen molar-refractivity contribution in [2.75, 3.05) is 0 Å². The van der Waals surface area contributed by atoms with Crippen molar-refractivity contribution in [2.45, 2.75) is 38.1 Å². The predicted octanol–water partition coefficient (Wildman–Crippen LogP) is 2.18. The largest absolute Gasteiger partial charge is 0.503 e. The fraction of sp³-hybridized carbons (Fsp3) is 0.545. The second-order valence-electron chi connectivity index (χ2n) is 3.80. The van der Waals surface area contributed by atoms with Gasteiger partial charge in [0.2, 0.25) is 6.20 Å². The van der Waals surface area contributed by atoms with Crippen LogP contribution < -0.4 is 4.57 Å². The van der Waals surface area contributed by atoms with E-state index in [9.17, 15) is 5.11 Å². The van der Waals surface area contributed by atoms with E-state index in [1.54, 1.807) is 6.07 Å². The summed E-state index contributed by atoms with van der Waals surface area (Å²) >= 11 is 0. The predicted molar refractivity (Wildman–Crippen MR) is 50.4 cm³/mol. The Morgan fingerprint density at radius 3 is 2.69 bits per heavy atom. The first kappa shape index (κ1) is 8.54. The molecular formula is C11H16NO+. The van der Waals surface area contributed by atoms with E-state index in [-0.39, 0.29) is 0 Å². The van der Waals surface area contributed by atoms with Crippen LogP contribution in [0, 0.1) is 0 Å². The number of nitrogens with zero attached hydrogens (tertiary/aromatic N) is 1. The van der Waals surface area contributed by atoms with Gasteiger partial charge in [-0.2, -0.15) is 4.57 Å². The van der Waals surface area contributed by atoms with Crippen LogP contribution >= 0.6 is 0 Å². The lowest BCUT2D eigenvalue weighted by Gasteiger charge is -2.16. The van der Waals surface area contributed by atoms with E-state index < -0.39 is 0 Å². The Bertz CT molecular complexity index is 279. The highest BCUT2D eigenvalue weighted by Crippen LogP contribution is 2.23. The minimum absolute atomic E-state index is 0.369. The van der Waals surface area contributed by atoms with Crippen molar-refractivity contribution in [3.63, 3.8) is 0 Å². The summed E-state index contributed by atoms with van der Waals surface area (Å²) in [5, 5.41) is 9.32. The number of hydrogen-bond acceptors (Lipinski definition) is 1. The Hall–Kier alpha value is -1.05. The normalized spacial score (nSPS) is 18.8. The number of aromatic nitrogens is 1. The Labute approximate surface area is 78.8 Å². The van der Waals surface area contributed by atoms with Crippen molar-refractivity contribution in [1.82, 2.24) is 0 Å². The van der Waals surface area contributed by atoms with Gasteiger partial charge in [0.1, 0.15) is 0 Å². The molecule has 2 heteroatoms. The van der Waals surface area contributed by atoms with Crippen molar-refractivity contribution in [2.24, 2.45) is 0 Å². The Morgan fingerprint density at radius 1 is 1.23 bits per heavy atom. The highest BCUT2D eigenvalue weighted by molar-refractivity contribution is 5.09. The van der Waals surface area contributed by atoms with E-state index in [2.05, 4.69) is 10.8 Å². The molecule has 0 atom stereocenters. The molecule has 2 nitrogen and oxygen atoms in total. The van der Waals surface area contributed by atoms with Crippen LogP contribution in [0.2, 0.25) is 0 Å². The summed E-state index contributed by atoms with van der Waals surface area (Å²) in [6.07, 6.45) is 10.4. The summed E-state index contributed by atoms with van der Waals surface area (Å²) in [5.41, 5.74) is 0. The molecule has 1 heterocycles. The molecule has 70 valence electrons. The molecule has 0 saturated heterocycles. The van der Waals surface area contributed by atoms with Crippen LogP contribution in [0.3, 0.4) is 0 Å². The standard InChI is InChI=1S/C11H15NO/c13-11-7-4-8-12(9-11)10-5-2-1-3-6-10/h4,7-10H,1-3,5-6H2/p+1. The average molecular weight is 178 g/mol. The third-order valence-corrected chi connectivity index (χ3v) is 2.80. The smallest absolute Gasteiger partial charge is 0.211 e. The molecule has 1 N–H and O–H groups in total. The molecule has 0 radical (unpaired) electrons. The highest BCUT2D eigenvalue weighted by Gasteiger charge is 2.21. The summed E-state index contributed by atoms with van der Waals surface area (Å²) in [6.45, 7) is 0. The van der Waals surface area contributed by atoms with Gasteiger partial charge in [-0.15, -0.1) is 0 Å². The van der Waals surface area contributed by atoms with Crippen LogP contribution in [-0.4, -0.2) is 5.11 Å². The first-order valence-corrected chi connectivity index (χ1v) is 5.06. The van der Waals surface area contributed by atoms with E-state index in [4.69, 9.17) is 0 Å². The molecule has 1 saturated carbocycles. The molecule has 1 aliphatic rings. The Morgan fingerprint density at radius 2 is 2.00 bits per heavy atom. The molecular weight excluding hydrogens is 162 g/mol. The second kappa shape index (κ2) is 3.77. The Balaban J connectivity index is 2.14. The lowest BCUT2D eigenvalue weighted by molar-refractivity contribution is -0.726. The van der Waals surface area contributed by atoms with Crippen LogP contribution in [0.5, 0.6) is 5.75 Å². The summed E-state index contributed by atoms with van der Waals surface area (Å²) in [7, 11) is 0. The van der Waals surface area contributed by atoms with Crippen molar-refractivity contribution >= 4 is 0 Å². The zero-order chi connectivity index (χ0) is 9.10. The van der Waals surface area contributed by atoms with E-state index in [1.807, 2.05) is 12.3 Å². The van der Waals surface area contributed by atoms with Gasteiger partial charge in [-0.1, -0.05) is 6.42 Å². The van der Waals surface area contributed by atoms with Crippen molar-refractivity contribution in [3.8, 4) is 5.75 Å². The van der Waals surface area contributed by atoms with Crippen molar-refractivity contribution in [3.05, 3.63) is 24.5 Å². The molecule has 1 aromatic heterocycles. The number of pyridine rings is 1. The van der Waals surface area contributed by atoms with Crippen LogP contribution in [0.4, 0.5) is 0 Å². The minimum Gasteiger partial charge on any atom is -0.503 e. The molecule has 0 spiro atoms. The van der Waals surface area contributed by atoms with Gasteiger partial charge in [-0.3, -0.25) is 0 Å². The van der Waals surface area contributed by atoms with Gasteiger partial charge in [0.25, 0.3) is 0 Å². The average Bonchev–Trinajstić information content (AvgIpc) is 2.19. The minimum atomic E-state index is 0.369. The molecule has 0 aromatic carbocycles. The molecule has 1 aliphatic carbocycles. The van der Waals surface area contributed by atoms with E-state index >= 15 is 0 Å². The molecule has 2 rings (SSSR count). The fourth-order valence-electron chi connectivity index (χ4n) is 2.09. The summed E-state index contributed by atoms with van der Waals surface area (Å²) in [6, 6.07) is 4.24. The van der Waals surface area contributed by atoms with Gasteiger partial charge in [0, 0.05) is 18.9 Å². The monoisotopic (exact) mass is 178 g/mol. The molecule has 0 amide bonds. The van der Waals surface area contributed by atoms with Crippen LogP contribution in [0.15, 0.2) is 24.5 Å². The van der Waals surface area contributed by atoms with Gasteiger partial charge in [-0.05, 0) is 18.9 Å². The van der Waals surface area contributed by atoms with Gasteiger partial charge >= 0.3 is 0 Å². The van der Waals surface area contributed by atoms with E-state index in [0.29, 0.717) is 11.8 Å². The maximum absolute atomic E-state index is 9.32. The quantitative estimate of drug-likeness (QED) is 0.655. The van der Waals surface area contributed by atoms with Crippen molar-refractivity contribution in [1.29, 1.82) is 0 Å². The first-order valence-electron chi connectivity index (χ1n) is 5.06. The molecule has 0 aliphatic heterocycles. The molecule has 13 heavy (non-hydrogen) atoms. The van der Waals surface area contributed by atoms with Gasteiger partial charge in [0.15, 0.2) is 18.0 Å². The van der Waals surface area contributed by atoms with Gasteiger partial charge in [0.05, 0.1) is 0 Å². The highest BCUT2D eigenvalue weighted by atomic mass is 16.3. The molecule has 1 fully saturated rings. The van der Waals surface area contributed by atoms with Crippen molar-refractivity contribution < 1.29 is 9.67 Å². The third-order valence-electron chi connectivity index (χ3n) is 2.80. The van der Waals surface area contributed by atoms with E-state index in [0.717, 1.165) is 0 Å². The van der Waals surface area contributed by atoms with Gasteiger partial charge < -0.3 is 5.11 Å². The zero-order valence-corrected chi connectivity index (χ0v) is 7.82. The summed E-state index contributed by atoms with van der Waals surface area (Å²) in [4.78, 5) is 0.